The van der Waals surface area contributed by atoms with Crippen LogP contribution < -0.4 is 5.48 Å². The fourth-order valence-electron chi connectivity index (χ4n) is 5.18. The molecule has 37 heavy (non-hydrogen) atoms. The number of carbonyl (C=O) groups excluding carboxylic acids is 1. The summed E-state index contributed by atoms with van der Waals surface area (Å²) in [5, 5.41) is 8.78. The van der Waals surface area contributed by atoms with E-state index < -0.39 is 18.6 Å². The number of hydrogen-bond acceptors (Lipinski definition) is 5. The Kier molecular flexibility index (Phi) is 8.36. The molecule has 2 aromatic rings. The van der Waals surface area contributed by atoms with Gasteiger partial charge in [0.25, 0.3) is 5.91 Å². The van der Waals surface area contributed by atoms with Crippen molar-refractivity contribution in [3.8, 4) is 0 Å². The minimum atomic E-state index is -4.18. The first kappa shape index (κ1) is 26.9. The van der Waals surface area contributed by atoms with Crippen LogP contribution in [-0.2, 0) is 13.1 Å². The van der Waals surface area contributed by atoms with E-state index >= 15 is 0 Å². The quantitative estimate of drug-likeness (QED) is 0.415. The normalized spacial score (nSPS) is 19.6. The van der Waals surface area contributed by atoms with Gasteiger partial charge >= 0.3 is 6.18 Å². The molecule has 2 heterocycles. The summed E-state index contributed by atoms with van der Waals surface area (Å²) >= 11 is 0. The third-order valence-electron chi connectivity index (χ3n) is 6.99. The van der Waals surface area contributed by atoms with Gasteiger partial charge in [-0.2, -0.15) is 13.2 Å². The molecule has 2 aliphatic rings. The number of nitrogens with zero attached hydrogens (tertiary/aromatic N) is 3. The third-order valence-corrected chi connectivity index (χ3v) is 6.99. The summed E-state index contributed by atoms with van der Waals surface area (Å²) in [7, 11) is 0. The lowest BCUT2D eigenvalue weighted by atomic mass is 9.94. The molecule has 9 heteroatoms. The fourth-order valence-corrected chi connectivity index (χ4v) is 5.18. The Balaban J connectivity index is 1.39. The summed E-state index contributed by atoms with van der Waals surface area (Å²) < 4.78 is 38.3. The molecule has 0 saturated carbocycles. The molecule has 0 unspecified atom stereocenters. The van der Waals surface area contributed by atoms with Gasteiger partial charge in [0.1, 0.15) is 0 Å². The molecular weight excluding hydrogens is 481 g/mol. The predicted molar refractivity (Wildman–Crippen MR) is 137 cm³/mol. The van der Waals surface area contributed by atoms with E-state index in [9.17, 15) is 18.0 Å². The van der Waals surface area contributed by atoms with E-state index in [-0.39, 0.29) is 6.04 Å². The molecule has 0 aliphatic carbocycles. The molecule has 1 fully saturated rings. The molecule has 6 nitrogen and oxygen atoms in total. The van der Waals surface area contributed by atoms with Crippen LogP contribution in [0, 0.1) is 0 Å². The van der Waals surface area contributed by atoms with E-state index in [0.29, 0.717) is 38.2 Å². The third kappa shape index (κ3) is 7.00. The zero-order valence-electron chi connectivity index (χ0n) is 21.0. The second-order valence-electron chi connectivity index (χ2n) is 9.84. The van der Waals surface area contributed by atoms with Gasteiger partial charge in [-0.15, -0.1) is 0 Å². The van der Waals surface area contributed by atoms with Crippen molar-refractivity contribution in [1.29, 1.82) is 0 Å². The summed E-state index contributed by atoms with van der Waals surface area (Å²) in [5.74, 6) is -0.537. The Morgan fingerprint density at radius 1 is 1.11 bits per heavy atom. The Morgan fingerprint density at radius 2 is 1.84 bits per heavy atom. The average molecular weight is 515 g/mol. The van der Waals surface area contributed by atoms with Crippen LogP contribution in [-0.4, -0.2) is 70.8 Å². The highest BCUT2D eigenvalue weighted by Crippen LogP contribution is 2.30. The van der Waals surface area contributed by atoms with E-state index in [1.165, 1.54) is 4.90 Å². The number of alkyl halides is 3. The number of hydrogen-bond donors (Lipinski definition) is 2. The van der Waals surface area contributed by atoms with Gasteiger partial charge < -0.3 is 4.90 Å². The maximum absolute atomic E-state index is 12.8. The van der Waals surface area contributed by atoms with Gasteiger partial charge in [0.2, 0.25) is 0 Å². The Morgan fingerprint density at radius 3 is 2.46 bits per heavy atom. The van der Waals surface area contributed by atoms with Gasteiger partial charge in [-0.25, -0.2) is 5.48 Å². The summed E-state index contributed by atoms with van der Waals surface area (Å²) in [4.78, 5) is 17.6. The molecule has 2 N–H and O–H groups in total. The molecule has 0 spiro atoms. The molecule has 0 bridgehead atoms. The number of piperazine rings is 1. The van der Waals surface area contributed by atoms with Gasteiger partial charge in [0.15, 0.2) is 0 Å². The molecular formula is C28H33F3N4O2. The molecule has 0 radical (unpaired) electrons. The highest BCUT2D eigenvalue weighted by molar-refractivity contribution is 5.93. The van der Waals surface area contributed by atoms with Crippen molar-refractivity contribution in [2.75, 3.05) is 32.7 Å². The second-order valence-corrected chi connectivity index (χ2v) is 9.84. The Hall–Kier alpha value is -3.14. The van der Waals surface area contributed by atoms with Gasteiger partial charge in [-0.1, -0.05) is 49.1 Å². The standard InChI is InChI=1S/C28H33F3N4O2/c1-20-15-34(17-22-7-9-24(10-8-22)27(36)32-37)16-21(2)35(20)18-25-5-3-4-6-26(25)23-11-13-33(14-12-23)19-28(29,30)31/h3-11,21,37H,1,12-19H2,2H3,(H,32,36)/t21-/m0/s1. The maximum atomic E-state index is 12.8. The van der Waals surface area contributed by atoms with Crippen LogP contribution in [0.1, 0.15) is 40.4 Å². The average Bonchev–Trinajstić information content (AvgIpc) is 2.86. The van der Waals surface area contributed by atoms with Crippen molar-refractivity contribution in [1.82, 2.24) is 20.2 Å². The first-order valence-electron chi connectivity index (χ1n) is 12.4. The monoisotopic (exact) mass is 514 g/mol. The number of benzene rings is 2. The van der Waals surface area contributed by atoms with Crippen LogP contribution >= 0.6 is 0 Å². The first-order valence-corrected chi connectivity index (χ1v) is 12.4. The van der Waals surface area contributed by atoms with E-state index in [1.807, 2.05) is 30.3 Å². The van der Waals surface area contributed by atoms with Crippen molar-refractivity contribution in [3.05, 3.63) is 89.1 Å². The Labute approximate surface area is 215 Å². The fraction of sp³-hybridized carbons (Fsp3) is 0.393. The van der Waals surface area contributed by atoms with Crippen LogP contribution in [0.25, 0.3) is 5.57 Å². The van der Waals surface area contributed by atoms with E-state index in [4.69, 9.17) is 5.21 Å². The van der Waals surface area contributed by atoms with Gasteiger partial charge in [-0.3, -0.25) is 19.8 Å². The lowest BCUT2D eigenvalue weighted by molar-refractivity contribution is -0.144. The number of hydroxylamine groups is 1. The van der Waals surface area contributed by atoms with E-state index in [2.05, 4.69) is 35.4 Å². The van der Waals surface area contributed by atoms with Crippen molar-refractivity contribution in [2.45, 2.75) is 38.7 Å². The molecule has 0 aromatic heterocycles. The number of rotatable bonds is 7. The highest BCUT2D eigenvalue weighted by atomic mass is 19.4. The summed E-state index contributed by atoms with van der Waals surface area (Å²) in [6.45, 7) is 9.30. The van der Waals surface area contributed by atoms with E-state index in [1.54, 1.807) is 17.6 Å². The van der Waals surface area contributed by atoms with Crippen LogP contribution in [0.15, 0.2) is 66.9 Å². The van der Waals surface area contributed by atoms with Gasteiger partial charge in [-0.05, 0) is 47.7 Å². The van der Waals surface area contributed by atoms with Crippen LogP contribution in [0.3, 0.4) is 0 Å². The number of nitrogens with one attached hydrogen (secondary N) is 1. The lowest BCUT2D eigenvalue weighted by Crippen LogP contribution is -2.49. The number of carbonyl (C=O) groups is 1. The molecule has 4 rings (SSSR count). The van der Waals surface area contributed by atoms with E-state index in [0.717, 1.165) is 41.1 Å². The van der Waals surface area contributed by atoms with Crippen molar-refractivity contribution in [2.24, 2.45) is 0 Å². The zero-order chi connectivity index (χ0) is 26.6. The second kappa shape index (κ2) is 11.5. The van der Waals surface area contributed by atoms with Crippen LogP contribution in [0.5, 0.6) is 0 Å². The number of halogens is 3. The zero-order valence-corrected chi connectivity index (χ0v) is 21.0. The SMILES string of the molecule is C=C1CN(Cc2ccc(C(=O)NO)cc2)C[C@H](C)N1Cc1ccccc1C1=CCN(CC(F)(F)F)CC1. The largest absolute Gasteiger partial charge is 0.401 e. The molecule has 2 aliphatic heterocycles. The van der Waals surface area contributed by atoms with Crippen molar-refractivity contribution < 1.29 is 23.2 Å². The van der Waals surface area contributed by atoms with Gasteiger partial charge in [0.05, 0.1) is 6.54 Å². The minimum absolute atomic E-state index is 0.219. The van der Waals surface area contributed by atoms with Crippen molar-refractivity contribution in [3.63, 3.8) is 0 Å². The number of amides is 1. The molecule has 1 atom stereocenters. The Bertz CT molecular complexity index is 1150. The van der Waals surface area contributed by atoms with Gasteiger partial charge in [0, 0.05) is 56.6 Å². The van der Waals surface area contributed by atoms with Crippen LogP contribution in [0.4, 0.5) is 13.2 Å². The summed E-state index contributed by atoms with van der Waals surface area (Å²) in [6, 6.07) is 15.5. The van der Waals surface area contributed by atoms with Crippen molar-refractivity contribution >= 4 is 11.5 Å². The van der Waals surface area contributed by atoms with Crippen LogP contribution in [0.2, 0.25) is 0 Å². The minimum Gasteiger partial charge on any atom is -0.366 e. The smallest absolute Gasteiger partial charge is 0.366 e. The lowest BCUT2D eigenvalue weighted by Gasteiger charge is -2.43. The maximum Gasteiger partial charge on any atom is 0.401 e. The topological polar surface area (TPSA) is 59.1 Å². The molecule has 1 saturated heterocycles. The first-order chi connectivity index (χ1) is 17.6. The summed E-state index contributed by atoms with van der Waals surface area (Å²) in [5.41, 5.74) is 7.47. The molecule has 198 valence electrons. The predicted octanol–water partition coefficient (Wildman–Crippen LogP) is 4.68. The molecule has 2 aromatic carbocycles. The highest BCUT2D eigenvalue weighted by Gasteiger charge is 2.31. The summed E-state index contributed by atoms with van der Waals surface area (Å²) in [6.07, 6.45) is -1.66. The molecule has 1 amide bonds.